The Hall–Kier alpha value is -0.830. The molecule has 1 aliphatic rings. The zero-order chi connectivity index (χ0) is 17.2. The van der Waals surface area contributed by atoms with Crippen LogP contribution in [-0.4, -0.2) is 64.1 Å². The van der Waals surface area contributed by atoms with E-state index in [4.69, 9.17) is 9.47 Å². The molecule has 0 aliphatic carbocycles. The molecule has 2 rings (SSSR count). The van der Waals surface area contributed by atoms with Gasteiger partial charge in [-0.05, 0) is 35.8 Å². The quantitative estimate of drug-likeness (QED) is 0.749. The highest BCUT2D eigenvalue weighted by Gasteiger charge is 2.32. The second-order valence-electron chi connectivity index (χ2n) is 5.67. The van der Waals surface area contributed by atoms with E-state index in [0.29, 0.717) is 29.4 Å². The molecule has 130 valence electrons. The summed E-state index contributed by atoms with van der Waals surface area (Å²) < 4.78 is 38.5. The molecule has 0 amide bonds. The zero-order valence-corrected chi connectivity index (χ0v) is 16.3. The maximum atomic E-state index is 13.0. The third kappa shape index (κ3) is 3.81. The van der Waals surface area contributed by atoms with Gasteiger partial charge in [-0.1, -0.05) is 0 Å². The van der Waals surface area contributed by atoms with Gasteiger partial charge >= 0.3 is 0 Å². The number of halogens is 1. The first-order chi connectivity index (χ1) is 10.8. The van der Waals surface area contributed by atoms with Crippen LogP contribution in [0, 0.1) is 0 Å². The Kier molecular flexibility index (Phi) is 5.94. The van der Waals surface area contributed by atoms with E-state index in [0.717, 1.165) is 13.1 Å². The van der Waals surface area contributed by atoms with E-state index >= 15 is 0 Å². The van der Waals surface area contributed by atoms with Gasteiger partial charge < -0.3 is 9.47 Å². The molecular formula is C15H23BrN2O4S. The van der Waals surface area contributed by atoms with Crippen LogP contribution in [0.1, 0.15) is 13.8 Å². The maximum Gasteiger partial charge on any atom is 0.246 e. The highest BCUT2D eigenvalue weighted by Crippen LogP contribution is 2.36. The molecule has 1 aromatic rings. The fourth-order valence-electron chi connectivity index (χ4n) is 2.63. The van der Waals surface area contributed by atoms with Crippen LogP contribution in [0.2, 0.25) is 0 Å². The third-order valence-electron chi connectivity index (χ3n) is 4.06. The van der Waals surface area contributed by atoms with Gasteiger partial charge in [0.05, 0.1) is 18.7 Å². The molecule has 1 heterocycles. The number of benzene rings is 1. The SMILES string of the molecule is COc1cc(OC)c(S(=O)(=O)N2CCN(C(C)C)CC2)cc1Br. The summed E-state index contributed by atoms with van der Waals surface area (Å²) >= 11 is 3.34. The predicted molar refractivity (Wildman–Crippen MR) is 92.7 cm³/mol. The Morgan fingerprint density at radius 3 is 2.09 bits per heavy atom. The molecule has 1 saturated heterocycles. The van der Waals surface area contributed by atoms with E-state index in [1.54, 1.807) is 12.1 Å². The van der Waals surface area contributed by atoms with Crippen LogP contribution in [0.5, 0.6) is 11.5 Å². The van der Waals surface area contributed by atoms with Crippen molar-refractivity contribution in [3.05, 3.63) is 16.6 Å². The normalized spacial score (nSPS) is 17.5. The second kappa shape index (κ2) is 7.38. The number of rotatable bonds is 5. The summed E-state index contributed by atoms with van der Waals surface area (Å²) in [6, 6.07) is 3.55. The Morgan fingerprint density at radius 1 is 1.04 bits per heavy atom. The molecule has 0 unspecified atom stereocenters. The Morgan fingerprint density at radius 2 is 1.61 bits per heavy atom. The molecule has 0 spiro atoms. The summed E-state index contributed by atoms with van der Waals surface area (Å²) in [7, 11) is -0.622. The molecule has 0 bridgehead atoms. The maximum absolute atomic E-state index is 13.0. The minimum absolute atomic E-state index is 0.158. The smallest absolute Gasteiger partial charge is 0.246 e. The lowest BCUT2D eigenvalue weighted by atomic mass is 10.3. The molecule has 0 saturated carbocycles. The van der Waals surface area contributed by atoms with Crippen molar-refractivity contribution in [2.75, 3.05) is 40.4 Å². The van der Waals surface area contributed by atoms with E-state index in [1.165, 1.54) is 18.5 Å². The van der Waals surface area contributed by atoms with Gasteiger partial charge in [-0.15, -0.1) is 0 Å². The van der Waals surface area contributed by atoms with E-state index in [9.17, 15) is 8.42 Å². The minimum atomic E-state index is -3.61. The first kappa shape index (κ1) is 18.5. The van der Waals surface area contributed by atoms with Gasteiger partial charge in [-0.2, -0.15) is 4.31 Å². The Bertz CT molecular complexity index is 656. The van der Waals surface area contributed by atoms with Gasteiger partial charge in [0.2, 0.25) is 10.0 Å². The second-order valence-corrected chi connectivity index (χ2v) is 8.43. The average Bonchev–Trinajstić information content (AvgIpc) is 2.54. The molecule has 0 aromatic heterocycles. The van der Waals surface area contributed by atoms with Crippen molar-refractivity contribution in [1.82, 2.24) is 9.21 Å². The molecule has 8 heteroatoms. The highest BCUT2D eigenvalue weighted by atomic mass is 79.9. The van der Waals surface area contributed by atoms with Gasteiger partial charge in [0.25, 0.3) is 0 Å². The summed E-state index contributed by atoms with van der Waals surface area (Å²) in [6.07, 6.45) is 0. The molecule has 23 heavy (non-hydrogen) atoms. The van der Waals surface area contributed by atoms with Crippen molar-refractivity contribution < 1.29 is 17.9 Å². The number of sulfonamides is 1. The van der Waals surface area contributed by atoms with Gasteiger partial charge in [-0.25, -0.2) is 8.42 Å². The average molecular weight is 407 g/mol. The summed E-state index contributed by atoms with van der Waals surface area (Å²) in [6.45, 7) is 6.66. The summed E-state index contributed by atoms with van der Waals surface area (Å²) in [5.41, 5.74) is 0. The molecule has 1 aromatic carbocycles. The van der Waals surface area contributed by atoms with Crippen molar-refractivity contribution in [3.8, 4) is 11.5 Å². The van der Waals surface area contributed by atoms with Crippen LogP contribution in [0.4, 0.5) is 0 Å². The van der Waals surface area contributed by atoms with Crippen LogP contribution in [0.15, 0.2) is 21.5 Å². The molecular weight excluding hydrogens is 384 g/mol. The number of nitrogens with zero attached hydrogens (tertiary/aromatic N) is 2. The lowest BCUT2D eigenvalue weighted by molar-refractivity contribution is 0.154. The largest absolute Gasteiger partial charge is 0.495 e. The first-order valence-corrected chi connectivity index (χ1v) is 9.70. The van der Waals surface area contributed by atoms with Crippen LogP contribution >= 0.6 is 15.9 Å². The van der Waals surface area contributed by atoms with Crippen molar-refractivity contribution in [2.24, 2.45) is 0 Å². The van der Waals surface area contributed by atoms with E-state index in [1.807, 2.05) is 0 Å². The molecule has 0 atom stereocenters. The number of methoxy groups -OCH3 is 2. The highest BCUT2D eigenvalue weighted by molar-refractivity contribution is 9.10. The van der Waals surface area contributed by atoms with Crippen LogP contribution in [0.3, 0.4) is 0 Å². The fourth-order valence-corrected chi connectivity index (χ4v) is 4.88. The van der Waals surface area contributed by atoms with Crippen LogP contribution < -0.4 is 9.47 Å². The Balaban J connectivity index is 2.32. The van der Waals surface area contributed by atoms with Gasteiger partial charge in [0.1, 0.15) is 16.4 Å². The van der Waals surface area contributed by atoms with Gasteiger partial charge in [0.15, 0.2) is 0 Å². The van der Waals surface area contributed by atoms with Crippen molar-refractivity contribution in [2.45, 2.75) is 24.8 Å². The predicted octanol–water partition coefficient (Wildman–Crippen LogP) is 2.18. The van der Waals surface area contributed by atoms with Gasteiger partial charge in [-0.3, -0.25) is 4.90 Å². The van der Waals surface area contributed by atoms with Crippen molar-refractivity contribution in [1.29, 1.82) is 0 Å². The molecule has 1 aliphatic heterocycles. The van der Waals surface area contributed by atoms with Gasteiger partial charge in [0, 0.05) is 38.3 Å². The number of ether oxygens (including phenoxy) is 2. The monoisotopic (exact) mass is 406 g/mol. The van der Waals surface area contributed by atoms with E-state index < -0.39 is 10.0 Å². The lowest BCUT2D eigenvalue weighted by Crippen LogP contribution is -2.50. The van der Waals surface area contributed by atoms with Crippen LogP contribution in [-0.2, 0) is 10.0 Å². The summed E-state index contributed by atoms with van der Waals surface area (Å²) in [5.74, 6) is 0.821. The molecule has 1 fully saturated rings. The van der Waals surface area contributed by atoms with Crippen LogP contribution in [0.25, 0.3) is 0 Å². The topological polar surface area (TPSA) is 59.1 Å². The first-order valence-electron chi connectivity index (χ1n) is 7.47. The standard InChI is InChI=1S/C15H23BrN2O4S/c1-11(2)17-5-7-18(8-6-17)23(19,20)15-9-12(16)13(21-3)10-14(15)22-4/h9-11H,5-8H2,1-4H3. The number of piperazine rings is 1. The number of hydrogen-bond donors (Lipinski definition) is 0. The number of hydrogen-bond acceptors (Lipinski definition) is 5. The zero-order valence-electron chi connectivity index (χ0n) is 13.9. The molecule has 0 N–H and O–H groups in total. The third-order valence-corrected chi connectivity index (χ3v) is 6.60. The van der Waals surface area contributed by atoms with Crippen molar-refractivity contribution >= 4 is 26.0 Å². The Labute approximate surface area is 146 Å². The van der Waals surface area contributed by atoms with Crippen molar-refractivity contribution in [3.63, 3.8) is 0 Å². The molecule has 0 radical (unpaired) electrons. The summed E-state index contributed by atoms with van der Waals surface area (Å²) in [5, 5.41) is 0. The fraction of sp³-hybridized carbons (Fsp3) is 0.600. The van der Waals surface area contributed by atoms with E-state index in [-0.39, 0.29) is 10.6 Å². The minimum Gasteiger partial charge on any atom is -0.495 e. The lowest BCUT2D eigenvalue weighted by Gasteiger charge is -2.36. The molecule has 6 nitrogen and oxygen atoms in total. The summed E-state index contributed by atoms with van der Waals surface area (Å²) in [4.78, 5) is 2.43. The van der Waals surface area contributed by atoms with E-state index in [2.05, 4.69) is 34.7 Å².